The van der Waals surface area contributed by atoms with Crippen LogP contribution in [0.15, 0.2) is 27.9 Å². The minimum absolute atomic E-state index is 0.0988. The average Bonchev–Trinajstić information content (AvgIpc) is 3.02. The quantitative estimate of drug-likeness (QED) is 0.308. The van der Waals surface area contributed by atoms with Crippen LogP contribution in [0, 0.1) is 11.6 Å². The molecule has 36 heavy (non-hydrogen) atoms. The number of piperazine rings is 1. The lowest BCUT2D eigenvalue weighted by atomic mass is 9.95. The molecule has 1 aromatic heterocycles. The topological polar surface area (TPSA) is 41.4 Å². The molecule has 3 heterocycles. The van der Waals surface area contributed by atoms with Gasteiger partial charge in [0.05, 0.1) is 16.1 Å². The number of aromatic nitrogens is 2. The summed E-state index contributed by atoms with van der Waals surface area (Å²) in [5.74, 6) is -1.65. The van der Waals surface area contributed by atoms with Crippen LogP contribution in [0.5, 0.6) is 0 Å². The van der Waals surface area contributed by atoms with E-state index in [1.54, 1.807) is 0 Å². The third-order valence-corrected chi connectivity index (χ3v) is 8.13. The van der Waals surface area contributed by atoms with Crippen LogP contribution in [0.3, 0.4) is 0 Å². The van der Waals surface area contributed by atoms with E-state index in [0.29, 0.717) is 37.9 Å². The van der Waals surface area contributed by atoms with E-state index in [0.717, 1.165) is 23.9 Å². The fraction of sp³-hybridized carbons (Fsp3) is 0.417. The number of alkyl halides is 3. The van der Waals surface area contributed by atoms with Crippen molar-refractivity contribution < 1.29 is 22.0 Å². The normalized spacial score (nSPS) is 19.1. The molecule has 0 spiro atoms. The van der Waals surface area contributed by atoms with E-state index < -0.39 is 45.2 Å². The van der Waals surface area contributed by atoms with Gasteiger partial charge in [0.2, 0.25) is 0 Å². The molecule has 0 saturated carbocycles. The highest BCUT2D eigenvalue weighted by Gasteiger charge is 2.39. The zero-order chi connectivity index (χ0) is 25.9. The lowest BCUT2D eigenvalue weighted by Crippen LogP contribution is -2.51. The van der Waals surface area contributed by atoms with Crippen molar-refractivity contribution in [1.82, 2.24) is 14.5 Å². The number of thioether (sulfide) groups is 1. The molecule has 5 rings (SSSR count). The fourth-order valence-electron chi connectivity index (χ4n) is 5.02. The number of halogens is 6. The zero-order valence-electron chi connectivity index (χ0n) is 19.4. The number of benzene rings is 2. The fourth-order valence-corrected chi connectivity index (χ4v) is 6.38. The highest BCUT2D eigenvalue weighted by atomic mass is 35.5. The Balaban J connectivity index is 1.92. The molecule has 0 radical (unpaired) electrons. The molecule has 0 bridgehead atoms. The number of likely N-dealkylation sites (N-methyl/N-ethyl adjacent to an activating group) is 1. The maximum absolute atomic E-state index is 15.0. The van der Waals surface area contributed by atoms with Crippen LogP contribution in [0.4, 0.5) is 27.8 Å². The van der Waals surface area contributed by atoms with Gasteiger partial charge in [-0.15, -0.1) is 11.8 Å². The Morgan fingerprint density at radius 2 is 1.86 bits per heavy atom. The van der Waals surface area contributed by atoms with Crippen molar-refractivity contribution in [3.63, 3.8) is 0 Å². The van der Waals surface area contributed by atoms with Crippen molar-refractivity contribution in [2.24, 2.45) is 0 Å². The van der Waals surface area contributed by atoms with Crippen molar-refractivity contribution in [1.29, 1.82) is 0 Å². The molecule has 5 nitrogen and oxygen atoms in total. The minimum atomic E-state index is -4.87. The van der Waals surface area contributed by atoms with Crippen LogP contribution in [-0.4, -0.2) is 52.9 Å². The lowest BCUT2D eigenvalue weighted by molar-refractivity contribution is -0.137. The van der Waals surface area contributed by atoms with Crippen molar-refractivity contribution in [2.45, 2.75) is 37.0 Å². The summed E-state index contributed by atoms with van der Waals surface area (Å²) in [5, 5.41) is -0.315. The Kier molecular flexibility index (Phi) is 6.45. The number of anilines is 1. The average molecular weight is 545 g/mol. The van der Waals surface area contributed by atoms with Crippen LogP contribution < -0.4 is 10.6 Å². The Morgan fingerprint density at radius 1 is 1.11 bits per heavy atom. The summed E-state index contributed by atoms with van der Waals surface area (Å²) >= 11 is 6.99. The monoisotopic (exact) mass is 544 g/mol. The van der Waals surface area contributed by atoms with Gasteiger partial charge in [-0.05, 0) is 38.3 Å². The SMILES string of the molecule is CC1CN(C)CCN1c1nc(=O)n2c3c(c(-c4cc(Cl)c(F)cc4F)c(C(F)(F)F)cc13)SCCC2. The minimum Gasteiger partial charge on any atom is -0.351 e. The van der Waals surface area contributed by atoms with Gasteiger partial charge in [-0.1, -0.05) is 11.6 Å². The molecule has 1 saturated heterocycles. The van der Waals surface area contributed by atoms with E-state index in [1.165, 1.54) is 4.57 Å². The maximum Gasteiger partial charge on any atom is 0.417 e. The molecule has 1 unspecified atom stereocenters. The second kappa shape index (κ2) is 9.18. The molecule has 0 aliphatic carbocycles. The Morgan fingerprint density at radius 3 is 2.56 bits per heavy atom. The molecule has 1 fully saturated rings. The van der Waals surface area contributed by atoms with Gasteiger partial charge in [0, 0.05) is 59.7 Å². The zero-order valence-corrected chi connectivity index (χ0v) is 21.0. The largest absolute Gasteiger partial charge is 0.417 e. The maximum atomic E-state index is 15.0. The second-order valence-electron chi connectivity index (χ2n) is 9.14. The van der Waals surface area contributed by atoms with Crippen molar-refractivity contribution >= 4 is 40.1 Å². The summed E-state index contributed by atoms with van der Waals surface area (Å²) in [6.07, 6.45) is -4.36. The van der Waals surface area contributed by atoms with Gasteiger partial charge in [0.25, 0.3) is 0 Å². The van der Waals surface area contributed by atoms with Gasteiger partial charge in [-0.3, -0.25) is 4.57 Å². The van der Waals surface area contributed by atoms with E-state index in [4.69, 9.17) is 11.6 Å². The standard InChI is InChI=1S/C24H22ClF5N4OS/c1-12-11-32(2)5-6-33(12)22-14-8-15(24(28,29)30)19(13-9-16(25)18(27)10-17(13)26)21-20(14)34(23(35)31-22)4-3-7-36-21/h8-10,12H,3-7,11H2,1-2H3. The molecule has 12 heteroatoms. The van der Waals surface area contributed by atoms with Crippen LogP contribution in [0.2, 0.25) is 5.02 Å². The van der Waals surface area contributed by atoms with E-state index in [2.05, 4.69) is 9.88 Å². The predicted molar refractivity (Wildman–Crippen MR) is 131 cm³/mol. The van der Waals surface area contributed by atoms with Gasteiger partial charge in [-0.2, -0.15) is 18.2 Å². The summed E-state index contributed by atoms with van der Waals surface area (Å²) in [7, 11) is 1.95. The van der Waals surface area contributed by atoms with Crippen LogP contribution in [0.25, 0.3) is 22.0 Å². The first-order valence-corrected chi connectivity index (χ1v) is 12.8. The first-order chi connectivity index (χ1) is 17.0. The summed E-state index contributed by atoms with van der Waals surface area (Å²) in [4.78, 5) is 21.5. The van der Waals surface area contributed by atoms with Crippen LogP contribution >= 0.6 is 23.4 Å². The van der Waals surface area contributed by atoms with Crippen LogP contribution in [0.1, 0.15) is 18.9 Å². The number of rotatable bonds is 2. The predicted octanol–water partition coefficient (Wildman–Crippen LogP) is 5.65. The highest BCUT2D eigenvalue weighted by molar-refractivity contribution is 7.99. The van der Waals surface area contributed by atoms with E-state index >= 15 is 0 Å². The van der Waals surface area contributed by atoms with E-state index in [1.807, 2.05) is 18.9 Å². The van der Waals surface area contributed by atoms with Gasteiger partial charge in [-0.25, -0.2) is 13.6 Å². The molecule has 1 atom stereocenters. The van der Waals surface area contributed by atoms with Crippen molar-refractivity contribution in [3.8, 4) is 11.1 Å². The lowest BCUT2D eigenvalue weighted by Gasteiger charge is -2.39. The molecule has 2 aromatic carbocycles. The van der Waals surface area contributed by atoms with E-state index in [9.17, 15) is 26.7 Å². The number of nitrogens with zero attached hydrogens (tertiary/aromatic N) is 4. The number of hydrogen-bond acceptors (Lipinski definition) is 5. The Hall–Kier alpha value is -2.37. The van der Waals surface area contributed by atoms with Crippen LogP contribution in [-0.2, 0) is 12.7 Å². The third kappa shape index (κ3) is 4.24. The first-order valence-electron chi connectivity index (χ1n) is 11.4. The number of hydrogen-bond donors (Lipinski definition) is 0. The molecule has 192 valence electrons. The first kappa shape index (κ1) is 25.3. The molecular weight excluding hydrogens is 523 g/mol. The summed E-state index contributed by atoms with van der Waals surface area (Å²) in [6, 6.07) is 2.20. The van der Waals surface area contributed by atoms with Gasteiger partial charge in [0.1, 0.15) is 17.5 Å². The third-order valence-electron chi connectivity index (χ3n) is 6.66. The van der Waals surface area contributed by atoms with Crippen molar-refractivity contribution in [2.75, 3.05) is 37.3 Å². The Bertz CT molecular complexity index is 1430. The molecule has 3 aromatic rings. The molecule has 2 aliphatic heterocycles. The van der Waals surface area contributed by atoms with Gasteiger partial charge < -0.3 is 9.80 Å². The highest BCUT2D eigenvalue weighted by Crippen LogP contribution is 2.49. The summed E-state index contributed by atoms with van der Waals surface area (Å²) < 4.78 is 73.9. The Labute approximate surface area is 212 Å². The summed E-state index contributed by atoms with van der Waals surface area (Å²) in [5.41, 5.74) is -2.29. The van der Waals surface area contributed by atoms with Gasteiger partial charge >= 0.3 is 11.9 Å². The molecule has 0 N–H and O–H groups in total. The van der Waals surface area contributed by atoms with Gasteiger partial charge in [0.15, 0.2) is 0 Å². The smallest absolute Gasteiger partial charge is 0.351 e. The van der Waals surface area contributed by atoms with E-state index in [-0.39, 0.29) is 34.2 Å². The number of aryl methyl sites for hydroxylation is 1. The van der Waals surface area contributed by atoms with Crippen molar-refractivity contribution in [3.05, 3.63) is 50.9 Å². The summed E-state index contributed by atoms with van der Waals surface area (Å²) in [6.45, 7) is 3.98. The molecular formula is C24H22ClF5N4OS. The molecule has 0 amide bonds. The molecule has 2 aliphatic rings. The second-order valence-corrected chi connectivity index (χ2v) is 10.7.